The van der Waals surface area contributed by atoms with Crippen LogP contribution in [0.25, 0.3) is 17.4 Å². The monoisotopic (exact) mass is 467 g/mol. The minimum Gasteiger partial charge on any atom is -0.497 e. The van der Waals surface area contributed by atoms with Gasteiger partial charge in [0.15, 0.2) is 0 Å². The lowest BCUT2D eigenvalue weighted by molar-refractivity contribution is -0.384. The summed E-state index contributed by atoms with van der Waals surface area (Å²) in [6.45, 7) is 0. The first-order valence-corrected chi connectivity index (χ1v) is 9.32. The molecule has 0 aliphatic carbocycles. The third-order valence-corrected chi connectivity index (χ3v) is 4.69. The Morgan fingerprint density at radius 1 is 1.27 bits per heavy atom. The van der Waals surface area contributed by atoms with E-state index in [0.29, 0.717) is 27.2 Å². The smallest absolute Gasteiger partial charge is 0.270 e. The van der Waals surface area contributed by atoms with Gasteiger partial charge in [0, 0.05) is 40.0 Å². The first kappa shape index (κ1) is 20.8. The number of non-ortho nitro benzene ring substituents is 1. The lowest BCUT2D eigenvalue weighted by Crippen LogP contribution is -2.13. The molecule has 2 aromatic carbocycles. The van der Waals surface area contributed by atoms with Gasteiger partial charge in [0.05, 0.1) is 12.0 Å². The summed E-state index contributed by atoms with van der Waals surface area (Å²) in [5.74, 6) is 0.681. The average molecular weight is 468 g/mol. The van der Waals surface area contributed by atoms with Crippen molar-refractivity contribution in [2.45, 2.75) is 0 Å². The molecule has 0 spiro atoms. The lowest BCUT2D eigenvalue weighted by atomic mass is 10.1. The SMILES string of the molecule is COc1cccc(NC(=O)/C(C#N)=C/c2ccc(-c3ccc([N+](=O)[O-])cc3Br)o2)c1. The van der Waals surface area contributed by atoms with Gasteiger partial charge in [-0.2, -0.15) is 5.26 Å². The number of carbonyl (C=O) groups is 1. The molecule has 0 radical (unpaired) electrons. The van der Waals surface area contributed by atoms with Gasteiger partial charge in [0.25, 0.3) is 11.6 Å². The van der Waals surface area contributed by atoms with E-state index in [2.05, 4.69) is 21.2 Å². The van der Waals surface area contributed by atoms with E-state index in [0.717, 1.165) is 0 Å². The van der Waals surface area contributed by atoms with Crippen LogP contribution >= 0.6 is 15.9 Å². The third-order valence-electron chi connectivity index (χ3n) is 4.04. The minimum atomic E-state index is -0.597. The summed E-state index contributed by atoms with van der Waals surface area (Å²) in [5, 5.41) is 22.9. The van der Waals surface area contributed by atoms with Crippen molar-refractivity contribution in [1.82, 2.24) is 0 Å². The van der Waals surface area contributed by atoms with E-state index >= 15 is 0 Å². The van der Waals surface area contributed by atoms with Crippen molar-refractivity contribution in [1.29, 1.82) is 5.26 Å². The number of methoxy groups -OCH3 is 1. The molecule has 3 aromatic rings. The fourth-order valence-electron chi connectivity index (χ4n) is 2.58. The number of nitro groups is 1. The first-order valence-electron chi connectivity index (χ1n) is 8.52. The Labute approximate surface area is 179 Å². The summed E-state index contributed by atoms with van der Waals surface area (Å²) in [4.78, 5) is 22.8. The largest absolute Gasteiger partial charge is 0.497 e. The molecule has 0 fully saturated rings. The van der Waals surface area contributed by atoms with Crippen molar-refractivity contribution < 1.29 is 18.9 Å². The van der Waals surface area contributed by atoms with Crippen LogP contribution in [-0.4, -0.2) is 17.9 Å². The minimum absolute atomic E-state index is 0.0571. The summed E-state index contributed by atoms with van der Waals surface area (Å²) >= 11 is 3.29. The van der Waals surface area contributed by atoms with Crippen LogP contribution in [-0.2, 0) is 4.79 Å². The van der Waals surface area contributed by atoms with Crippen LogP contribution in [0, 0.1) is 21.4 Å². The van der Waals surface area contributed by atoms with Crippen LogP contribution < -0.4 is 10.1 Å². The number of halogens is 1. The van der Waals surface area contributed by atoms with Gasteiger partial charge in [-0.25, -0.2) is 0 Å². The third kappa shape index (κ3) is 4.74. The number of rotatable bonds is 6. The Bertz CT molecular complexity index is 1190. The quantitative estimate of drug-likeness (QED) is 0.231. The summed E-state index contributed by atoms with van der Waals surface area (Å²) in [7, 11) is 1.51. The Kier molecular flexibility index (Phi) is 6.29. The van der Waals surface area contributed by atoms with Crippen LogP contribution in [0.1, 0.15) is 5.76 Å². The molecular weight excluding hydrogens is 454 g/mol. The van der Waals surface area contributed by atoms with Gasteiger partial charge in [-0.05, 0) is 46.3 Å². The van der Waals surface area contributed by atoms with E-state index in [1.54, 1.807) is 42.5 Å². The maximum absolute atomic E-state index is 12.4. The molecule has 1 N–H and O–H groups in total. The predicted octanol–water partition coefficient (Wildman–Crippen LogP) is 5.17. The molecule has 0 unspecified atom stereocenters. The number of carbonyl (C=O) groups excluding carboxylic acids is 1. The standard InChI is InChI=1S/C21H14BrN3O5/c1-29-16-4-2-3-14(10-16)24-21(26)13(12-23)9-17-6-8-20(30-17)18-7-5-15(25(27)28)11-19(18)22/h2-11H,1H3,(H,24,26)/b13-9+. The van der Waals surface area contributed by atoms with Gasteiger partial charge in [-0.15, -0.1) is 0 Å². The summed E-state index contributed by atoms with van der Waals surface area (Å²) in [6, 6.07) is 16.1. The molecule has 150 valence electrons. The molecule has 0 aliphatic rings. The molecule has 30 heavy (non-hydrogen) atoms. The number of hydrogen-bond acceptors (Lipinski definition) is 6. The molecule has 9 heteroatoms. The highest BCUT2D eigenvalue weighted by molar-refractivity contribution is 9.10. The van der Waals surface area contributed by atoms with Crippen molar-refractivity contribution in [2.75, 3.05) is 12.4 Å². The number of amides is 1. The van der Waals surface area contributed by atoms with Crippen LogP contribution in [0.15, 0.2) is 69.1 Å². The highest BCUT2D eigenvalue weighted by Gasteiger charge is 2.15. The van der Waals surface area contributed by atoms with Crippen LogP contribution in [0.5, 0.6) is 5.75 Å². The molecule has 0 saturated carbocycles. The zero-order valence-electron chi connectivity index (χ0n) is 15.6. The van der Waals surface area contributed by atoms with Crippen molar-refractivity contribution in [3.63, 3.8) is 0 Å². The zero-order valence-corrected chi connectivity index (χ0v) is 17.2. The predicted molar refractivity (Wildman–Crippen MR) is 114 cm³/mol. The van der Waals surface area contributed by atoms with Gasteiger partial charge >= 0.3 is 0 Å². The van der Waals surface area contributed by atoms with E-state index in [1.165, 1.54) is 25.3 Å². The Hall–Kier alpha value is -3.90. The number of nitrogens with zero attached hydrogens (tertiary/aromatic N) is 2. The van der Waals surface area contributed by atoms with E-state index in [-0.39, 0.29) is 17.0 Å². The Morgan fingerprint density at radius 2 is 2.07 bits per heavy atom. The average Bonchev–Trinajstić information content (AvgIpc) is 3.20. The maximum Gasteiger partial charge on any atom is 0.270 e. The van der Waals surface area contributed by atoms with Gasteiger partial charge in [0.2, 0.25) is 0 Å². The molecule has 3 rings (SSSR count). The highest BCUT2D eigenvalue weighted by Crippen LogP contribution is 2.33. The van der Waals surface area contributed by atoms with Crippen molar-refractivity contribution in [3.05, 3.63) is 80.5 Å². The topological polar surface area (TPSA) is 118 Å². The maximum atomic E-state index is 12.4. The number of nitro benzene ring substituents is 1. The molecule has 0 atom stereocenters. The number of ether oxygens (including phenoxy) is 1. The van der Waals surface area contributed by atoms with Gasteiger partial charge < -0.3 is 14.5 Å². The van der Waals surface area contributed by atoms with Crippen LogP contribution in [0.3, 0.4) is 0 Å². The van der Waals surface area contributed by atoms with Crippen molar-refractivity contribution in [3.8, 4) is 23.1 Å². The van der Waals surface area contributed by atoms with E-state index in [4.69, 9.17) is 9.15 Å². The van der Waals surface area contributed by atoms with Crippen LogP contribution in [0.2, 0.25) is 0 Å². The molecule has 0 saturated heterocycles. The fourth-order valence-corrected chi connectivity index (χ4v) is 3.14. The second-order valence-corrected chi connectivity index (χ2v) is 6.83. The molecule has 1 amide bonds. The highest BCUT2D eigenvalue weighted by atomic mass is 79.9. The van der Waals surface area contributed by atoms with E-state index in [9.17, 15) is 20.2 Å². The van der Waals surface area contributed by atoms with Crippen LogP contribution in [0.4, 0.5) is 11.4 Å². The molecule has 8 nitrogen and oxygen atoms in total. The summed E-state index contributed by atoms with van der Waals surface area (Å²) < 4.78 is 11.3. The molecule has 1 heterocycles. The number of hydrogen-bond donors (Lipinski definition) is 1. The molecule has 0 aliphatic heterocycles. The summed E-state index contributed by atoms with van der Waals surface area (Å²) in [6.07, 6.45) is 1.32. The molecule has 1 aromatic heterocycles. The normalized spacial score (nSPS) is 10.9. The zero-order chi connectivity index (χ0) is 21.7. The number of benzene rings is 2. The number of nitriles is 1. The van der Waals surface area contributed by atoms with Crippen molar-refractivity contribution in [2.24, 2.45) is 0 Å². The van der Waals surface area contributed by atoms with E-state index < -0.39 is 10.8 Å². The molecule has 0 bridgehead atoms. The van der Waals surface area contributed by atoms with Gasteiger partial charge in [-0.3, -0.25) is 14.9 Å². The number of furan rings is 1. The Morgan fingerprint density at radius 3 is 2.73 bits per heavy atom. The fraction of sp³-hybridized carbons (Fsp3) is 0.0476. The summed E-state index contributed by atoms with van der Waals surface area (Å²) in [5.41, 5.74) is 0.870. The second-order valence-electron chi connectivity index (χ2n) is 5.98. The molecular formula is C21H14BrN3O5. The van der Waals surface area contributed by atoms with Gasteiger partial charge in [0.1, 0.15) is 28.9 Å². The van der Waals surface area contributed by atoms with Crippen molar-refractivity contribution >= 4 is 39.3 Å². The Balaban J connectivity index is 1.82. The first-order chi connectivity index (χ1) is 14.4. The second kappa shape index (κ2) is 9.07. The number of nitrogens with one attached hydrogen (secondary N) is 1. The lowest BCUT2D eigenvalue weighted by Gasteiger charge is -2.06. The number of anilines is 1. The van der Waals surface area contributed by atoms with Gasteiger partial charge in [-0.1, -0.05) is 6.07 Å². The van der Waals surface area contributed by atoms with E-state index in [1.807, 2.05) is 6.07 Å².